The van der Waals surface area contributed by atoms with Crippen LogP contribution < -0.4 is 10.1 Å². The lowest BCUT2D eigenvalue weighted by molar-refractivity contribution is -0.137. The molecular formula is C28H29N3O6S2. The Labute approximate surface area is 231 Å². The zero-order chi connectivity index (χ0) is 27.4. The minimum Gasteiger partial charge on any atom is -0.493 e. The molecule has 0 aliphatic carbocycles. The summed E-state index contributed by atoms with van der Waals surface area (Å²) >= 11 is 1.56. The number of para-hydroxylation sites is 1. The second-order valence-electron chi connectivity index (χ2n) is 9.28. The minimum atomic E-state index is -3.96. The van der Waals surface area contributed by atoms with Gasteiger partial charge in [-0.15, -0.1) is 11.3 Å². The summed E-state index contributed by atoms with van der Waals surface area (Å²) in [4.78, 5) is 17.2. The Hall–Kier alpha value is -3.67. The molecule has 3 heterocycles. The molecule has 4 aromatic rings. The van der Waals surface area contributed by atoms with Crippen molar-refractivity contribution in [2.75, 3.05) is 18.5 Å². The predicted molar refractivity (Wildman–Crippen MR) is 149 cm³/mol. The zero-order valence-corrected chi connectivity index (χ0v) is 23.0. The molecule has 2 aromatic carbocycles. The predicted octanol–water partition coefficient (Wildman–Crippen LogP) is 4.93. The Morgan fingerprint density at radius 2 is 2.05 bits per heavy atom. The van der Waals surface area contributed by atoms with E-state index < -0.39 is 27.9 Å². The molecule has 1 atom stereocenters. The van der Waals surface area contributed by atoms with E-state index in [0.717, 1.165) is 31.9 Å². The summed E-state index contributed by atoms with van der Waals surface area (Å²) in [6.07, 6.45) is 1.49. The van der Waals surface area contributed by atoms with Crippen LogP contribution in [0.15, 0.2) is 70.5 Å². The van der Waals surface area contributed by atoms with E-state index in [1.54, 1.807) is 35.6 Å². The molecule has 204 valence electrons. The average Bonchev–Trinajstić information content (AvgIpc) is 3.58. The Balaban J connectivity index is 1.25. The topological polar surface area (TPSA) is 122 Å². The van der Waals surface area contributed by atoms with Crippen molar-refractivity contribution in [3.05, 3.63) is 88.6 Å². The standard InChI is InChI=1S/C28H29N3O6S2/c1-19-23(30-28(37-19)25-10-5-15-38-25)13-14-36-22-8-4-6-20(16-22)17-31(18-27(32)33)39(34,35)26-12-11-21-7-2-3-9-24(21)29-26/h2-10,15-16,26,29H,11-14,17-18H2,1H3,(H,32,33). The van der Waals surface area contributed by atoms with Crippen molar-refractivity contribution in [2.45, 2.75) is 38.1 Å². The Morgan fingerprint density at radius 1 is 1.21 bits per heavy atom. The van der Waals surface area contributed by atoms with Gasteiger partial charge in [0.1, 0.15) is 23.4 Å². The van der Waals surface area contributed by atoms with E-state index in [1.165, 1.54) is 0 Å². The lowest BCUT2D eigenvalue weighted by atomic mass is 10.0. The SMILES string of the molecule is Cc1oc(-c2cccs2)nc1CCOc1cccc(CN(CC(=O)O)S(=O)(=O)C2CCc3ccccc3N2)c1. The molecule has 39 heavy (non-hydrogen) atoms. The first-order valence-electron chi connectivity index (χ1n) is 12.6. The van der Waals surface area contributed by atoms with Gasteiger partial charge in [0, 0.05) is 18.7 Å². The molecule has 0 amide bonds. The first-order valence-corrected chi connectivity index (χ1v) is 14.9. The maximum Gasteiger partial charge on any atom is 0.318 e. The van der Waals surface area contributed by atoms with Crippen molar-refractivity contribution < 1.29 is 27.5 Å². The van der Waals surface area contributed by atoms with E-state index in [0.29, 0.717) is 43.1 Å². The molecule has 5 rings (SSSR count). The van der Waals surface area contributed by atoms with Crippen LogP contribution in [0.1, 0.15) is 29.0 Å². The van der Waals surface area contributed by atoms with Crippen LogP contribution in [-0.2, 0) is 34.2 Å². The fourth-order valence-corrected chi connectivity index (χ4v) is 6.89. The molecule has 2 N–H and O–H groups in total. The average molecular weight is 568 g/mol. The molecule has 0 bridgehead atoms. The molecule has 1 aliphatic rings. The fraction of sp³-hybridized carbons (Fsp3) is 0.286. The molecule has 11 heteroatoms. The van der Waals surface area contributed by atoms with Gasteiger partial charge in [0.2, 0.25) is 15.9 Å². The van der Waals surface area contributed by atoms with Gasteiger partial charge in [0.05, 0.1) is 17.2 Å². The van der Waals surface area contributed by atoms with Crippen LogP contribution in [0.25, 0.3) is 10.8 Å². The number of hydrogen-bond donors (Lipinski definition) is 2. The first-order chi connectivity index (χ1) is 18.8. The minimum absolute atomic E-state index is 0.0851. The number of aryl methyl sites for hydroxylation is 2. The number of nitrogens with zero attached hydrogens (tertiary/aromatic N) is 2. The number of oxazole rings is 1. The van der Waals surface area contributed by atoms with Crippen LogP contribution in [0.2, 0.25) is 0 Å². The van der Waals surface area contributed by atoms with Crippen molar-refractivity contribution in [1.29, 1.82) is 0 Å². The molecule has 0 saturated carbocycles. The van der Waals surface area contributed by atoms with Gasteiger partial charge >= 0.3 is 5.97 Å². The third-order valence-electron chi connectivity index (χ3n) is 6.53. The molecule has 1 unspecified atom stereocenters. The quantitative estimate of drug-likeness (QED) is 0.262. The molecule has 2 aromatic heterocycles. The Bertz CT molecular complexity index is 1550. The van der Waals surface area contributed by atoms with Crippen molar-refractivity contribution in [2.24, 2.45) is 0 Å². The normalized spacial score (nSPS) is 15.1. The lowest BCUT2D eigenvalue weighted by Gasteiger charge is -2.31. The molecule has 0 radical (unpaired) electrons. The van der Waals surface area contributed by atoms with E-state index >= 15 is 0 Å². The number of rotatable bonds is 11. The summed E-state index contributed by atoms with van der Waals surface area (Å²) in [5, 5.41) is 13.6. The number of ether oxygens (including phenoxy) is 1. The number of carbonyl (C=O) groups is 1. The molecule has 1 aliphatic heterocycles. The Kier molecular flexibility index (Phi) is 8.01. The summed E-state index contributed by atoms with van der Waals surface area (Å²) in [5.74, 6) is 0.677. The van der Waals surface area contributed by atoms with Gasteiger partial charge in [-0.25, -0.2) is 13.4 Å². The summed E-state index contributed by atoms with van der Waals surface area (Å²) in [6.45, 7) is 1.50. The maximum absolute atomic E-state index is 13.5. The summed E-state index contributed by atoms with van der Waals surface area (Å²) in [7, 11) is -3.96. The highest BCUT2D eigenvalue weighted by Crippen LogP contribution is 2.29. The number of carboxylic acids is 1. The van der Waals surface area contributed by atoms with Crippen molar-refractivity contribution in [1.82, 2.24) is 9.29 Å². The second-order valence-corrected chi connectivity index (χ2v) is 12.3. The van der Waals surface area contributed by atoms with Crippen LogP contribution in [0.5, 0.6) is 5.75 Å². The van der Waals surface area contributed by atoms with E-state index in [4.69, 9.17) is 9.15 Å². The molecule has 9 nitrogen and oxygen atoms in total. The molecule has 0 saturated heterocycles. The van der Waals surface area contributed by atoms with Crippen LogP contribution >= 0.6 is 11.3 Å². The highest BCUT2D eigenvalue weighted by molar-refractivity contribution is 7.89. The van der Waals surface area contributed by atoms with E-state index in [2.05, 4.69) is 10.3 Å². The van der Waals surface area contributed by atoms with Gasteiger partial charge in [-0.2, -0.15) is 4.31 Å². The number of fused-ring (bicyclic) bond motifs is 1. The van der Waals surface area contributed by atoms with Gasteiger partial charge < -0.3 is 19.6 Å². The van der Waals surface area contributed by atoms with Crippen LogP contribution in [0.3, 0.4) is 0 Å². The summed E-state index contributed by atoms with van der Waals surface area (Å²) in [5.41, 5.74) is 3.25. The highest BCUT2D eigenvalue weighted by Gasteiger charge is 2.35. The largest absolute Gasteiger partial charge is 0.493 e. The van der Waals surface area contributed by atoms with Gasteiger partial charge in [-0.05, 0) is 60.5 Å². The Morgan fingerprint density at radius 3 is 2.85 bits per heavy atom. The van der Waals surface area contributed by atoms with Crippen LogP contribution in [0.4, 0.5) is 5.69 Å². The van der Waals surface area contributed by atoms with Crippen LogP contribution in [0, 0.1) is 6.92 Å². The fourth-order valence-electron chi connectivity index (χ4n) is 4.57. The van der Waals surface area contributed by atoms with Crippen molar-refractivity contribution in [3.8, 4) is 16.5 Å². The van der Waals surface area contributed by atoms with Gasteiger partial charge in [0.15, 0.2) is 0 Å². The van der Waals surface area contributed by atoms with Crippen LogP contribution in [-0.4, -0.2) is 47.3 Å². The number of nitrogens with one attached hydrogen (secondary N) is 1. The maximum atomic E-state index is 13.5. The van der Waals surface area contributed by atoms with Gasteiger partial charge in [-0.1, -0.05) is 36.4 Å². The third-order valence-corrected chi connectivity index (χ3v) is 9.44. The first kappa shape index (κ1) is 26.9. The van der Waals surface area contributed by atoms with Crippen molar-refractivity contribution >= 4 is 33.0 Å². The number of carboxylic acid groups (broad SMARTS) is 1. The third kappa shape index (κ3) is 6.32. The van der Waals surface area contributed by atoms with E-state index in [9.17, 15) is 18.3 Å². The van der Waals surface area contributed by atoms with E-state index in [1.807, 2.05) is 48.7 Å². The smallest absolute Gasteiger partial charge is 0.318 e. The number of benzene rings is 2. The van der Waals surface area contributed by atoms with E-state index in [-0.39, 0.29) is 6.54 Å². The number of sulfonamides is 1. The number of hydrogen-bond acceptors (Lipinski definition) is 8. The lowest BCUT2D eigenvalue weighted by Crippen LogP contribution is -2.45. The van der Waals surface area contributed by atoms with Gasteiger partial charge in [-0.3, -0.25) is 4.79 Å². The zero-order valence-electron chi connectivity index (χ0n) is 21.4. The number of anilines is 1. The molecule has 0 spiro atoms. The monoisotopic (exact) mass is 567 g/mol. The van der Waals surface area contributed by atoms with Gasteiger partial charge in [0.25, 0.3) is 0 Å². The molecule has 0 fully saturated rings. The number of thiophene rings is 1. The van der Waals surface area contributed by atoms with Crippen molar-refractivity contribution in [3.63, 3.8) is 0 Å². The molecular weight excluding hydrogens is 538 g/mol. The number of aromatic nitrogens is 1. The summed E-state index contributed by atoms with van der Waals surface area (Å²) < 4.78 is 39.8. The summed E-state index contributed by atoms with van der Waals surface area (Å²) in [6, 6.07) is 18.5. The second kappa shape index (κ2) is 11.6. The highest BCUT2D eigenvalue weighted by atomic mass is 32.2. The number of aliphatic carboxylic acids is 1.